The van der Waals surface area contributed by atoms with Gasteiger partial charge in [0.1, 0.15) is 0 Å². The molecular formula is C11H11F3O3. The highest BCUT2D eigenvalue weighted by molar-refractivity contribution is 5.78. The number of aryl methyl sites for hydroxylation is 1. The third-order valence-electron chi connectivity index (χ3n) is 2.44. The summed E-state index contributed by atoms with van der Waals surface area (Å²) in [6.45, 7) is 0. The van der Waals surface area contributed by atoms with Crippen LogP contribution < -0.4 is 0 Å². The van der Waals surface area contributed by atoms with Crippen molar-refractivity contribution in [3.8, 4) is 0 Å². The van der Waals surface area contributed by atoms with Crippen molar-refractivity contribution in [3.05, 3.63) is 35.9 Å². The van der Waals surface area contributed by atoms with E-state index in [9.17, 15) is 18.0 Å². The number of hydrogen-bond donors (Lipinski definition) is 2. The van der Waals surface area contributed by atoms with Crippen LogP contribution in [0.3, 0.4) is 0 Å². The lowest BCUT2D eigenvalue weighted by Crippen LogP contribution is -2.52. The number of carboxylic acid groups (broad SMARTS) is 1. The van der Waals surface area contributed by atoms with Crippen LogP contribution >= 0.6 is 0 Å². The summed E-state index contributed by atoms with van der Waals surface area (Å²) in [5, 5.41) is 17.6. The number of benzene rings is 1. The summed E-state index contributed by atoms with van der Waals surface area (Å²) < 4.78 is 37.3. The molecular weight excluding hydrogens is 237 g/mol. The van der Waals surface area contributed by atoms with Gasteiger partial charge in [0.15, 0.2) is 0 Å². The van der Waals surface area contributed by atoms with Gasteiger partial charge >= 0.3 is 12.1 Å². The third kappa shape index (κ3) is 2.97. The number of carbonyl (C=O) groups is 1. The van der Waals surface area contributed by atoms with Gasteiger partial charge < -0.3 is 10.2 Å². The minimum atomic E-state index is -5.19. The smallest absolute Gasteiger partial charge is 0.428 e. The molecule has 0 spiro atoms. The van der Waals surface area contributed by atoms with Crippen molar-refractivity contribution in [1.29, 1.82) is 0 Å². The lowest BCUT2D eigenvalue weighted by atomic mass is 9.94. The molecule has 3 nitrogen and oxygen atoms in total. The molecule has 1 aromatic rings. The lowest BCUT2D eigenvalue weighted by Gasteiger charge is -2.25. The van der Waals surface area contributed by atoms with E-state index in [1.807, 2.05) is 0 Å². The van der Waals surface area contributed by atoms with E-state index in [0.29, 0.717) is 5.56 Å². The lowest BCUT2D eigenvalue weighted by molar-refractivity contribution is -0.261. The van der Waals surface area contributed by atoms with E-state index in [2.05, 4.69) is 0 Å². The fraction of sp³-hybridized carbons (Fsp3) is 0.364. The number of halogens is 3. The van der Waals surface area contributed by atoms with E-state index in [1.165, 1.54) is 0 Å². The average Bonchev–Trinajstić information content (AvgIpc) is 2.25. The van der Waals surface area contributed by atoms with Crippen LogP contribution in [0.25, 0.3) is 0 Å². The molecule has 2 N–H and O–H groups in total. The monoisotopic (exact) mass is 248 g/mol. The second-order valence-electron chi connectivity index (χ2n) is 3.65. The minimum Gasteiger partial charge on any atom is -0.479 e. The molecule has 6 heteroatoms. The molecule has 94 valence electrons. The van der Waals surface area contributed by atoms with Crippen LogP contribution in [0.5, 0.6) is 0 Å². The maximum absolute atomic E-state index is 12.4. The van der Waals surface area contributed by atoms with Crippen molar-refractivity contribution >= 4 is 5.97 Å². The van der Waals surface area contributed by atoms with E-state index >= 15 is 0 Å². The SMILES string of the molecule is O=C(O)C(O)(CCc1ccccc1)C(F)(F)F. The second-order valence-corrected chi connectivity index (χ2v) is 3.65. The van der Waals surface area contributed by atoms with Crippen molar-refractivity contribution in [2.45, 2.75) is 24.6 Å². The number of rotatable bonds is 4. The van der Waals surface area contributed by atoms with Crippen molar-refractivity contribution in [1.82, 2.24) is 0 Å². The topological polar surface area (TPSA) is 57.5 Å². The Balaban J connectivity index is 2.80. The Morgan fingerprint density at radius 1 is 1.18 bits per heavy atom. The van der Waals surface area contributed by atoms with Crippen LogP contribution in [0.15, 0.2) is 30.3 Å². The molecule has 0 aliphatic rings. The standard InChI is InChI=1S/C11H11F3O3/c12-11(13,14)10(17,9(15)16)7-6-8-4-2-1-3-5-8/h1-5,17H,6-7H2,(H,15,16). The molecule has 0 aliphatic carbocycles. The van der Waals surface area contributed by atoms with Gasteiger partial charge in [-0.1, -0.05) is 30.3 Å². The van der Waals surface area contributed by atoms with E-state index < -0.39 is 24.2 Å². The molecule has 0 bridgehead atoms. The molecule has 0 aliphatic heterocycles. The van der Waals surface area contributed by atoms with Crippen LogP contribution in [-0.4, -0.2) is 28.0 Å². The first-order chi connectivity index (χ1) is 7.77. The highest BCUT2D eigenvalue weighted by Crippen LogP contribution is 2.34. The Bertz CT molecular complexity index is 389. The van der Waals surface area contributed by atoms with Gasteiger partial charge in [-0.05, 0) is 12.0 Å². The number of hydrogen-bond acceptors (Lipinski definition) is 2. The largest absolute Gasteiger partial charge is 0.479 e. The summed E-state index contributed by atoms with van der Waals surface area (Å²) in [7, 11) is 0. The Hall–Kier alpha value is -1.56. The molecule has 0 saturated carbocycles. The van der Waals surface area contributed by atoms with Gasteiger partial charge in [0, 0.05) is 6.42 Å². The highest BCUT2D eigenvalue weighted by Gasteiger charge is 2.59. The minimum absolute atomic E-state index is 0.164. The molecule has 0 radical (unpaired) electrons. The van der Waals surface area contributed by atoms with Crippen LogP contribution in [0.1, 0.15) is 12.0 Å². The number of carboxylic acids is 1. The Labute approximate surface area is 95.5 Å². The van der Waals surface area contributed by atoms with Gasteiger partial charge in [0.05, 0.1) is 0 Å². The first kappa shape index (κ1) is 13.5. The third-order valence-corrected chi connectivity index (χ3v) is 2.44. The van der Waals surface area contributed by atoms with Crippen molar-refractivity contribution in [2.75, 3.05) is 0 Å². The molecule has 0 heterocycles. The summed E-state index contributed by atoms with van der Waals surface area (Å²) in [4.78, 5) is 10.5. The summed E-state index contributed by atoms with van der Waals surface area (Å²) in [6, 6.07) is 8.08. The van der Waals surface area contributed by atoms with Gasteiger partial charge in [-0.2, -0.15) is 13.2 Å². The Kier molecular flexibility index (Phi) is 3.77. The quantitative estimate of drug-likeness (QED) is 0.856. The first-order valence-corrected chi connectivity index (χ1v) is 4.84. The summed E-state index contributed by atoms with van der Waals surface area (Å²) >= 11 is 0. The molecule has 0 amide bonds. The van der Waals surface area contributed by atoms with Crippen LogP contribution in [0.4, 0.5) is 13.2 Å². The molecule has 1 atom stereocenters. The number of aliphatic carboxylic acids is 1. The van der Waals surface area contributed by atoms with E-state index in [4.69, 9.17) is 10.2 Å². The van der Waals surface area contributed by atoms with Gasteiger partial charge in [0.25, 0.3) is 5.60 Å². The van der Waals surface area contributed by atoms with E-state index in [-0.39, 0.29) is 6.42 Å². The molecule has 1 rings (SSSR count). The highest BCUT2D eigenvalue weighted by atomic mass is 19.4. The van der Waals surface area contributed by atoms with Gasteiger partial charge in [-0.3, -0.25) is 0 Å². The normalized spacial score (nSPS) is 15.3. The van der Waals surface area contributed by atoms with Crippen LogP contribution in [0, 0.1) is 0 Å². The zero-order valence-corrected chi connectivity index (χ0v) is 8.74. The van der Waals surface area contributed by atoms with Crippen molar-refractivity contribution in [2.24, 2.45) is 0 Å². The zero-order chi connectivity index (χ0) is 13.1. The van der Waals surface area contributed by atoms with Gasteiger partial charge in [-0.25, -0.2) is 4.79 Å². The van der Waals surface area contributed by atoms with Gasteiger partial charge in [-0.15, -0.1) is 0 Å². The van der Waals surface area contributed by atoms with Gasteiger partial charge in [0.2, 0.25) is 0 Å². The van der Waals surface area contributed by atoms with E-state index in [1.54, 1.807) is 30.3 Å². The number of aliphatic hydroxyl groups is 1. The second kappa shape index (κ2) is 4.75. The Morgan fingerprint density at radius 3 is 2.12 bits per heavy atom. The first-order valence-electron chi connectivity index (χ1n) is 4.84. The van der Waals surface area contributed by atoms with Crippen LogP contribution in [-0.2, 0) is 11.2 Å². The van der Waals surface area contributed by atoms with Crippen LogP contribution in [0.2, 0.25) is 0 Å². The fourth-order valence-electron chi connectivity index (χ4n) is 1.34. The predicted molar refractivity (Wildman–Crippen MR) is 53.4 cm³/mol. The summed E-state index contributed by atoms with van der Waals surface area (Å²) in [5.41, 5.74) is -3.15. The van der Waals surface area contributed by atoms with Crippen molar-refractivity contribution in [3.63, 3.8) is 0 Å². The molecule has 0 aromatic heterocycles. The van der Waals surface area contributed by atoms with Crippen molar-refractivity contribution < 1.29 is 28.2 Å². The predicted octanol–water partition coefficient (Wildman–Crippen LogP) is 2.00. The maximum atomic E-state index is 12.4. The molecule has 17 heavy (non-hydrogen) atoms. The molecule has 1 unspecified atom stereocenters. The molecule has 1 aromatic carbocycles. The molecule has 0 fully saturated rings. The fourth-order valence-corrected chi connectivity index (χ4v) is 1.34. The zero-order valence-electron chi connectivity index (χ0n) is 8.74. The summed E-state index contributed by atoms with van der Waals surface area (Å²) in [5.74, 6) is -2.28. The summed E-state index contributed by atoms with van der Waals surface area (Å²) in [6.07, 6.45) is -6.26. The maximum Gasteiger partial charge on any atom is 0.428 e. The molecule has 0 saturated heterocycles. The number of alkyl halides is 3. The average molecular weight is 248 g/mol. The van der Waals surface area contributed by atoms with E-state index in [0.717, 1.165) is 0 Å². The Morgan fingerprint density at radius 2 is 1.71 bits per heavy atom.